The number of ether oxygens (including phenoxy) is 3. The molecule has 1 aromatic carbocycles. The highest BCUT2D eigenvalue weighted by molar-refractivity contribution is 5.84. The van der Waals surface area contributed by atoms with Gasteiger partial charge in [-0.1, -0.05) is 12.1 Å². The van der Waals surface area contributed by atoms with Gasteiger partial charge in [-0.05, 0) is 24.6 Å². The fourth-order valence-corrected chi connectivity index (χ4v) is 1.69. The molecular formula is C14H18O5. The molecule has 0 aromatic heterocycles. The molecule has 0 N–H and O–H groups in total. The number of esters is 2. The van der Waals surface area contributed by atoms with Crippen LogP contribution in [0.1, 0.15) is 24.8 Å². The zero-order valence-electron chi connectivity index (χ0n) is 11.3. The Morgan fingerprint density at radius 2 is 1.74 bits per heavy atom. The number of benzene rings is 1. The van der Waals surface area contributed by atoms with Gasteiger partial charge in [-0.3, -0.25) is 9.59 Å². The molecule has 0 radical (unpaired) electrons. The van der Waals surface area contributed by atoms with Crippen molar-refractivity contribution >= 4 is 11.9 Å². The van der Waals surface area contributed by atoms with E-state index in [9.17, 15) is 9.59 Å². The Labute approximate surface area is 112 Å². The summed E-state index contributed by atoms with van der Waals surface area (Å²) in [6.45, 7) is 2.46. The Kier molecular flexibility index (Phi) is 5.85. The minimum Gasteiger partial charge on any atom is -0.494 e. The van der Waals surface area contributed by atoms with Crippen molar-refractivity contribution in [2.24, 2.45) is 0 Å². The maximum Gasteiger partial charge on any atom is 0.313 e. The molecule has 5 nitrogen and oxygen atoms in total. The van der Waals surface area contributed by atoms with Gasteiger partial charge in [0.1, 0.15) is 5.75 Å². The minimum atomic E-state index is -0.659. The summed E-state index contributed by atoms with van der Waals surface area (Å²) in [6, 6.07) is 7.00. The van der Waals surface area contributed by atoms with E-state index in [1.807, 2.05) is 6.92 Å². The lowest BCUT2D eigenvalue weighted by Crippen LogP contribution is -2.18. The molecule has 0 heterocycles. The third-order valence-electron chi connectivity index (χ3n) is 2.68. The molecule has 0 bridgehead atoms. The fourth-order valence-electron chi connectivity index (χ4n) is 1.69. The predicted octanol–water partition coefficient (Wildman–Crippen LogP) is 1.90. The lowest BCUT2D eigenvalue weighted by molar-refractivity contribution is -0.149. The van der Waals surface area contributed by atoms with Gasteiger partial charge < -0.3 is 14.2 Å². The second-order valence-electron chi connectivity index (χ2n) is 3.86. The van der Waals surface area contributed by atoms with Crippen LogP contribution in [0.2, 0.25) is 0 Å². The summed E-state index contributed by atoms with van der Waals surface area (Å²) in [4.78, 5) is 23.0. The number of carbonyl (C=O) groups is 2. The molecule has 0 aliphatic carbocycles. The number of methoxy groups -OCH3 is 2. The molecule has 1 aromatic rings. The molecule has 5 heteroatoms. The molecule has 0 aliphatic heterocycles. The Morgan fingerprint density at radius 3 is 2.21 bits per heavy atom. The van der Waals surface area contributed by atoms with Gasteiger partial charge in [0.05, 0.1) is 33.2 Å². The second kappa shape index (κ2) is 7.41. The van der Waals surface area contributed by atoms with Crippen LogP contribution in [0.15, 0.2) is 24.3 Å². The molecule has 0 unspecified atom stereocenters. The van der Waals surface area contributed by atoms with E-state index < -0.39 is 17.9 Å². The van der Waals surface area contributed by atoms with Gasteiger partial charge in [0.15, 0.2) is 0 Å². The Balaban J connectivity index is 2.90. The zero-order valence-corrected chi connectivity index (χ0v) is 11.3. The van der Waals surface area contributed by atoms with Crippen molar-refractivity contribution in [2.75, 3.05) is 20.8 Å². The van der Waals surface area contributed by atoms with Gasteiger partial charge >= 0.3 is 11.9 Å². The van der Waals surface area contributed by atoms with Crippen molar-refractivity contribution in [2.45, 2.75) is 19.3 Å². The average Bonchev–Trinajstić information content (AvgIpc) is 2.45. The first-order valence-corrected chi connectivity index (χ1v) is 5.99. The van der Waals surface area contributed by atoms with Gasteiger partial charge in [0.25, 0.3) is 0 Å². The Hall–Kier alpha value is -2.04. The molecule has 0 aliphatic rings. The van der Waals surface area contributed by atoms with Crippen molar-refractivity contribution in [1.29, 1.82) is 0 Å². The largest absolute Gasteiger partial charge is 0.494 e. The third kappa shape index (κ3) is 4.28. The summed E-state index contributed by atoms with van der Waals surface area (Å²) < 4.78 is 14.6. The molecule has 1 atom stereocenters. The zero-order chi connectivity index (χ0) is 14.3. The summed E-state index contributed by atoms with van der Waals surface area (Å²) >= 11 is 0. The highest BCUT2D eigenvalue weighted by Crippen LogP contribution is 2.24. The summed E-state index contributed by atoms with van der Waals surface area (Å²) in [7, 11) is 2.58. The number of hydrogen-bond donors (Lipinski definition) is 0. The SMILES string of the molecule is CCOc1ccc([C@@H](CC(=O)OC)C(=O)OC)cc1. The second-order valence-corrected chi connectivity index (χ2v) is 3.86. The predicted molar refractivity (Wildman–Crippen MR) is 69.0 cm³/mol. The van der Waals surface area contributed by atoms with Crippen LogP contribution in [0.25, 0.3) is 0 Å². The molecular weight excluding hydrogens is 248 g/mol. The maximum absolute atomic E-state index is 11.7. The van der Waals surface area contributed by atoms with Crippen LogP contribution in [0.4, 0.5) is 0 Å². The fraction of sp³-hybridized carbons (Fsp3) is 0.429. The first kappa shape index (κ1) is 15.0. The molecule has 0 saturated carbocycles. The van der Waals surface area contributed by atoms with E-state index in [1.165, 1.54) is 14.2 Å². The Bertz CT molecular complexity index is 424. The van der Waals surface area contributed by atoms with Crippen molar-refractivity contribution in [3.63, 3.8) is 0 Å². The summed E-state index contributed by atoms with van der Waals surface area (Å²) in [5, 5.41) is 0. The van der Waals surface area contributed by atoms with Crippen LogP contribution in [0.3, 0.4) is 0 Å². The number of hydrogen-bond acceptors (Lipinski definition) is 5. The molecule has 0 saturated heterocycles. The van der Waals surface area contributed by atoms with Crippen LogP contribution in [-0.4, -0.2) is 32.8 Å². The van der Waals surface area contributed by atoms with Gasteiger partial charge in [-0.15, -0.1) is 0 Å². The maximum atomic E-state index is 11.7. The van der Waals surface area contributed by atoms with E-state index in [0.29, 0.717) is 17.9 Å². The van der Waals surface area contributed by atoms with E-state index in [0.717, 1.165) is 0 Å². The van der Waals surface area contributed by atoms with Gasteiger partial charge in [-0.2, -0.15) is 0 Å². The van der Waals surface area contributed by atoms with Crippen LogP contribution >= 0.6 is 0 Å². The van der Waals surface area contributed by atoms with E-state index in [-0.39, 0.29) is 6.42 Å². The average molecular weight is 266 g/mol. The third-order valence-corrected chi connectivity index (χ3v) is 2.68. The van der Waals surface area contributed by atoms with Crippen LogP contribution in [-0.2, 0) is 19.1 Å². The van der Waals surface area contributed by atoms with E-state index >= 15 is 0 Å². The van der Waals surface area contributed by atoms with Crippen molar-refractivity contribution in [3.05, 3.63) is 29.8 Å². The normalized spacial score (nSPS) is 11.5. The van der Waals surface area contributed by atoms with Crippen LogP contribution in [0.5, 0.6) is 5.75 Å². The van der Waals surface area contributed by atoms with Gasteiger partial charge in [-0.25, -0.2) is 0 Å². The molecule has 1 rings (SSSR count). The van der Waals surface area contributed by atoms with Crippen molar-refractivity contribution < 1.29 is 23.8 Å². The van der Waals surface area contributed by atoms with E-state index in [4.69, 9.17) is 9.47 Å². The number of carbonyl (C=O) groups excluding carboxylic acids is 2. The molecule has 0 amide bonds. The highest BCUT2D eigenvalue weighted by atomic mass is 16.5. The van der Waals surface area contributed by atoms with Gasteiger partial charge in [0, 0.05) is 0 Å². The Morgan fingerprint density at radius 1 is 1.11 bits per heavy atom. The molecule has 104 valence electrons. The standard InChI is InChI=1S/C14H18O5/c1-4-19-11-7-5-10(6-8-11)12(14(16)18-3)9-13(15)17-2/h5-8,12H,4,9H2,1-3H3/t12-/m1/s1. The summed E-state index contributed by atoms with van der Waals surface area (Å²) in [6.07, 6.45) is -0.0445. The first-order valence-electron chi connectivity index (χ1n) is 5.99. The molecule has 0 spiro atoms. The van der Waals surface area contributed by atoms with E-state index in [1.54, 1.807) is 24.3 Å². The number of rotatable bonds is 6. The topological polar surface area (TPSA) is 61.8 Å². The summed E-state index contributed by atoms with van der Waals surface area (Å²) in [5.41, 5.74) is 0.695. The smallest absolute Gasteiger partial charge is 0.313 e. The van der Waals surface area contributed by atoms with Crippen LogP contribution < -0.4 is 4.74 Å². The molecule has 19 heavy (non-hydrogen) atoms. The lowest BCUT2D eigenvalue weighted by Gasteiger charge is -2.14. The van der Waals surface area contributed by atoms with Crippen molar-refractivity contribution in [1.82, 2.24) is 0 Å². The first-order chi connectivity index (χ1) is 9.12. The highest BCUT2D eigenvalue weighted by Gasteiger charge is 2.25. The minimum absolute atomic E-state index is 0.0445. The van der Waals surface area contributed by atoms with Crippen LogP contribution in [0, 0.1) is 0 Å². The monoisotopic (exact) mass is 266 g/mol. The van der Waals surface area contributed by atoms with E-state index in [2.05, 4.69) is 4.74 Å². The quantitative estimate of drug-likeness (QED) is 0.736. The lowest BCUT2D eigenvalue weighted by atomic mass is 9.96. The van der Waals surface area contributed by atoms with Crippen molar-refractivity contribution in [3.8, 4) is 5.75 Å². The summed E-state index contributed by atoms with van der Waals surface area (Å²) in [5.74, 6) is -0.861. The molecule has 0 fully saturated rings. The van der Waals surface area contributed by atoms with Gasteiger partial charge in [0.2, 0.25) is 0 Å².